The molecule has 2 N–H and O–H groups in total. The highest BCUT2D eigenvalue weighted by Crippen LogP contribution is 2.30. The highest BCUT2D eigenvalue weighted by Gasteiger charge is 2.44. The lowest BCUT2D eigenvalue weighted by Crippen LogP contribution is -2.53. The van der Waals surface area contributed by atoms with Crippen LogP contribution in [0.3, 0.4) is 0 Å². The number of methoxy groups -OCH3 is 1. The van der Waals surface area contributed by atoms with E-state index in [-0.39, 0.29) is 31.9 Å². The van der Waals surface area contributed by atoms with Gasteiger partial charge in [0.25, 0.3) is 5.69 Å². The number of likely N-dealkylation sites (tertiary alicyclic amines) is 1. The van der Waals surface area contributed by atoms with Gasteiger partial charge in [-0.3, -0.25) is 14.9 Å². The Kier molecular flexibility index (Phi) is 12.4. The zero-order chi connectivity index (χ0) is 35.6. The molecule has 2 amide bonds. The summed E-state index contributed by atoms with van der Waals surface area (Å²) in [7, 11) is -3.22. The van der Waals surface area contributed by atoms with Gasteiger partial charge in [-0.05, 0) is 48.4 Å². The van der Waals surface area contributed by atoms with Crippen molar-refractivity contribution < 1.29 is 41.9 Å². The predicted octanol–water partition coefficient (Wildman–Crippen LogP) is 3.74. The molecule has 4 rings (SSSR count). The number of nitrogens with zero attached hydrogens (tertiary/aromatic N) is 3. The standard InChI is InChI=1S/C33H37N5O10S/c1-4-6-9-18-47-33(41)36-26(15-17-35-49(44,45)29-11-8-7-10-27(29)38(42)43)31(39)37-21-24(20-28(37)32(40)46-3)48-30-25-19-22(5-2)12-13-23(25)14-16-34-30/h4-5,7-8,10-14,16,19,24,26,28,35H,1-2,6,9,15,17-18,20-21H2,3H3,(H,36,41)/t24-,26+,28+/m1/s1. The number of para-hydroxylation sites is 1. The number of carbonyl (C=O) groups is 3. The van der Waals surface area contributed by atoms with Crippen LogP contribution in [0.2, 0.25) is 0 Å². The zero-order valence-corrected chi connectivity index (χ0v) is 27.6. The maximum Gasteiger partial charge on any atom is 0.407 e. The lowest BCUT2D eigenvalue weighted by Gasteiger charge is -2.27. The third-order valence-electron chi connectivity index (χ3n) is 7.74. The van der Waals surface area contributed by atoms with E-state index < -0.39 is 68.2 Å². The Bertz CT molecular complexity index is 1830. The summed E-state index contributed by atoms with van der Waals surface area (Å²) in [6.07, 6.45) is 4.07. The van der Waals surface area contributed by atoms with E-state index in [0.29, 0.717) is 18.2 Å². The SMILES string of the molecule is C=CCCCOC(=O)N[C@@H](CCNS(=O)(=O)c1ccccc1[N+](=O)[O-])C(=O)N1C[C@H](Oc2nccc3ccc(C=C)cc23)C[C@H]1C(=O)OC. The van der Waals surface area contributed by atoms with Crippen molar-refractivity contribution in [2.45, 2.75) is 48.8 Å². The van der Waals surface area contributed by atoms with Gasteiger partial charge in [0, 0.05) is 30.6 Å². The largest absolute Gasteiger partial charge is 0.472 e. The second kappa shape index (κ2) is 16.7. The van der Waals surface area contributed by atoms with Crippen LogP contribution in [0.5, 0.6) is 5.88 Å². The Morgan fingerprint density at radius 3 is 2.67 bits per heavy atom. The van der Waals surface area contributed by atoms with Crippen LogP contribution in [0.25, 0.3) is 16.8 Å². The number of ether oxygens (including phenoxy) is 3. The molecule has 260 valence electrons. The van der Waals surface area contributed by atoms with E-state index in [0.717, 1.165) is 23.1 Å². The Hall–Kier alpha value is -5.35. The van der Waals surface area contributed by atoms with Gasteiger partial charge in [-0.15, -0.1) is 6.58 Å². The fraction of sp³-hybridized carbons (Fsp3) is 0.333. The molecular formula is C33H37N5O10S. The number of nitrogens with one attached hydrogen (secondary N) is 2. The van der Waals surface area contributed by atoms with E-state index in [2.05, 4.69) is 28.2 Å². The second-order valence-corrected chi connectivity index (χ2v) is 12.7. The average molecular weight is 696 g/mol. The van der Waals surface area contributed by atoms with Crippen LogP contribution in [-0.2, 0) is 29.1 Å². The fourth-order valence-corrected chi connectivity index (χ4v) is 6.53. The van der Waals surface area contributed by atoms with Gasteiger partial charge in [-0.1, -0.05) is 43.0 Å². The van der Waals surface area contributed by atoms with E-state index in [1.165, 1.54) is 24.1 Å². The number of hydrogen-bond donors (Lipinski definition) is 2. The third kappa shape index (κ3) is 9.17. The minimum Gasteiger partial charge on any atom is -0.472 e. The van der Waals surface area contributed by atoms with E-state index in [4.69, 9.17) is 14.2 Å². The second-order valence-electron chi connectivity index (χ2n) is 11.0. The molecule has 0 unspecified atom stereocenters. The lowest BCUT2D eigenvalue weighted by atomic mass is 10.1. The first-order chi connectivity index (χ1) is 23.5. The molecule has 49 heavy (non-hydrogen) atoms. The number of nitro groups is 1. The van der Waals surface area contributed by atoms with Crippen LogP contribution in [0.15, 0.2) is 78.9 Å². The van der Waals surface area contributed by atoms with E-state index >= 15 is 0 Å². The van der Waals surface area contributed by atoms with Crippen LogP contribution >= 0.6 is 0 Å². The van der Waals surface area contributed by atoms with Gasteiger partial charge in [-0.25, -0.2) is 27.7 Å². The van der Waals surface area contributed by atoms with E-state index in [1.807, 2.05) is 24.3 Å². The molecule has 3 aromatic rings. The number of aromatic nitrogens is 1. The van der Waals surface area contributed by atoms with Gasteiger partial charge in [-0.2, -0.15) is 0 Å². The Labute approximate surface area is 283 Å². The summed E-state index contributed by atoms with van der Waals surface area (Å²) in [5.74, 6) is -1.16. The number of carbonyl (C=O) groups excluding carboxylic acids is 3. The van der Waals surface area contributed by atoms with Gasteiger partial charge in [0.15, 0.2) is 4.90 Å². The summed E-state index contributed by atoms with van der Waals surface area (Å²) < 4.78 is 44.6. The molecule has 1 aliphatic rings. The molecular weight excluding hydrogens is 658 g/mol. The molecule has 1 aromatic heterocycles. The van der Waals surface area contributed by atoms with Crippen molar-refractivity contribution in [3.63, 3.8) is 0 Å². The third-order valence-corrected chi connectivity index (χ3v) is 9.25. The predicted molar refractivity (Wildman–Crippen MR) is 179 cm³/mol. The quantitative estimate of drug-likeness (QED) is 0.0728. The number of esters is 1. The number of rotatable bonds is 16. The fourth-order valence-electron chi connectivity index (χ4n) is 5.31. The number of hydrogen-bond acceptors (Lipinski definition) is 11. The number of benzene rings is 2. The summed E-state index contributed by atoms with van der Waals surface area (Å²) in [6.45, 7) is 6.93. The number of unbranched alkanes of at least 4 members (excludes halogenated alkanes) is 1. The van der Waals surface area contributed by atoms with Crippen LogP contribution < -0.4 is 14.8 Å². The molecule has 0 radical (unpaired) electrons. The number of alkyl carbamates (subject to hydrolysis) is 1. The van der Waals surface area contributed by atoms with Gasteiger partial charge in [0.1, 0.15) is 18.2 Å². The molecule has 2 heterocycles. The van der Waals surface area contributed by atoms with Crippen LogP contribution in [-0.4, -0.2) is 86.2 Å². The molecule has 15 nitrogen and oxygen atoms in total. The summed E-state index contributed by atoms with van der Waals surface area (Å²) >= 11 is 0. The minimum absolute atomic E-state index is 0.0269. The summed E-state index contributed by atoms with van der Waals surface area (Å²) in [5.41, 5.74) is 0.207. The Morgan fingerprint density at radius 1 is 1.18 bits per heavy atom. The Morgan fingerprint density at radius 2 is 1.96 bits per heavy atom. The molecule has 0 bridgehead atoms. The highest BCUT2D eigenvalue weighted by atomic mass is 32.2. The molecule has 3 atom stereocenters. The molecule has 1 saturated heterocycles. The van der Waals surface area contributed by atoms with Crippen molar-refractivity contribution in [1.82, 2.24) is 19.9 Å². The van der Waals surface area contributed by atoms with Gasteiger partial charge < -0.3 is 24.4 Å². The first-order valence-corrected chi connectivity index (χ1v) is 16.8. The first kappa shape index (κ1) is 36.5. The molecule has 0 saturated carbocycles. The Balaban J connectivity index is 1.55. The summed E-state index contributed by atoms with van der Waals surface area (Å²) in [6, 6.07) is 9.76. The van der Waals surface area contributed by atoms with Gasteiger partial charge in [0.05, 0.1) is 25.2 Å². The van der Waals surface area contributed by atoms with E-state index in [9.17, 15) is 32.9 Å². The lowest BCUT2D eigenvalue weighted by molar-refractivity contribution is -0.387. The van der Waals surface area contributed by atoms with Crippen molar-refractivity contribution >= 4 is 50.5 Å². The van der Waals surface area contributed by atoms with Gasteiger partial charge in [0.2, 0.25) is 21.8 Å². The van der Waals surface area contributed by atoms with Crippen molar-refractivity contribution in [3.05, 3.63) is 89.6 Å². The zero-order valence-electron chi connectivity index (χ0n) is 26.8. The molecule has 0 spiro atoms. The minimum atomic E-state index is -4.40. The van der Waals surface area contributed by atoms with Crippen LogP contribution in [0.1, 0.15) is 31.2 Å². The number of amides is 2. The highest BCUT2D eigenvalue weighted by molar-refractivity contribution is 7.89. The maximum atomic E-state index is 14.0. The topological polar surface area (TPSA) is 196 Å². The van der Waals surface area contributed by atoms with E-state index in [1.54, 1.807) is 18.3 Å². The summed E-state index contributed by atoms with van der Waals surface area (Å²) in [5, 5.41) is 15.4. The number of nitro benzene ring substituents is 1. The molecule has 2 aromatic carbocycles. The summed E-state index contributed by atoms with van der Waals surface area (Å²) in [4.78, 5) is 55.2. The normalized spacial score (nSPS) is 16.4. The maximum absolute atomic E-state index is 14.0. The number of allylic oxidation sites excluding steroid dienone is 1. The van der Waals surface area contributed by atoms with Crippen molar-refractivity contribution in [3.8, 4) is 5.88 Å². The number of sulfonamides is 1. The monoisotopic (exact) mass is 695 g/mol. The van der Waals surface area contributed by atoms with Crippen LogP contribution in [0.4, 0.5) is 10.5 Å². The number of fused-ring (bicyclic) bond motifs is 1. The van der Waals surface area contributed by atoms with Crippen molar-refractivity contribution in [1.29, 1.82) is 0 Å². The molecule has 16 heteroatoms. The number of pyridine rings is 1. The smallest absolute Gasteiger partial charge is 0.407 e. The van der Waals surface area contributed by atoms with Crippen LogP contribution in [0, 0.1) is 10.1 Å². The molecule has 1 aliphatic heterocycles. The average Bonchev–Trinajstić information content (AvgIpc) is 3.52. The van der Waals surface area contributed by atoms with Crippen molar-refractivity contribution in [2.24, 2.45) is 0 Å². The first-order valence-electron chi connectivity index (χ1n) is 15.3. The van der Waals surface area contributed by atoms with Gasteiger partial charge >= 0.3 is 12.1 Å². The van der Waals surface area contributed by atoms with Crippen molar-refractivity contribution in [2.75, 3.05) is 26.8 Å². The molecule has 0 aliphatic carbocycles. The molecule has 1 fully saturated rings.